The van der Waals surface area contributed by atoms with Crippen LogP contribution in [-0.2, 0) is 12.8 Å². The Morgan fingerprint density at radius 3 is 1.12 bits per heavy atom. The van der Waals surface area contributed by atoms with E-state index in [4.69, 9.17) is 0 Å². The molecule has 0 saturated heterocycles. The molecule has 0 heterocycles. The molecule has 0 N–H and O–H groups in total. The lowest BCUT2D eigenvalue weighted by Crippen LogP contribution is -1.84. The Labute approximate surface area is 150 Å². The van der Waals surface area contributed by atoms with Crippen LogP contribution in [0.4, 0.5) is 0 Å². The second-order valence-electron chi connectivity index (χ2n) is 6.89. The maximum absolute atomic E-state index is 2.25. The van der Waals surface area contributed by atoms with Gasteiger partial charge >= 0.3 is 0 Å². The summed E-state index contributed by atoms with van der Waals surface area (Å²) in [6.07, 6.45) is 10.5. The number of benzene rings is 2. The Bertz CT molecular complexity index is 467. The van der Waals surface area contributed by atoms with Crippen molar-refractivity contribution in [3.8, 4) is 0 Å². The highest BCUT2D eigenvalue weighted by atomic mass is 14.0. The molecule has 0 heteroatoms. The van der Waals surface area contributed by atoms with E-state index in [-0.39, 0.29) is 0 Å². The molecule has 0 aliphatic rings. The molecule has 0 bridgehead atoms. The first-order valence-electron chi connectivity index (χ1n) is 9.76. The van der Waals surface area contributed by atoms with Crippen LogP contribution in [0.25, 0.3) is 0 Å². The average Bonchev–Trinajstić information content (AvgIpc) is 2.59. The maximum Gasteiger partial charge on any atom is -0.0279 e. The molecule has 0 radical (unpaired) electrons. The van der Waals surface area contributed by atoms with Crippen LogP contribution >= 0.6 is 0 Å². The Morgan fingerprint density at radius 2 is 0.833 bits per heavy atom. The number of rotatable bonds is 8. The Balaban J connectivity index is 0.000000240. The highest BCUT2D eigenvalue weighted by Crippen LogP contribution is 2.08. The van der Waals surface area contributed by atoms with Crippen molar-refractivity contribution in [2.24, 2.45) is 0 Å². The van der Waals surface area contributed by atoms with E-state index in [2.05, 4.69) is 76.2 Å². The van der Waals surface area contributed by atoms with Gasteiger partial charge < -0.3 is 0 Å². The second-order valence-corrected chi connectivity index (χ2v) is 6.89. The second kappa shape index (κ2) is 12.8. The summed E-state index contributed by atoms with van der Waals surface area (Å²) in [5, 5.41) is 0. The predicted octanol–water partition coefficient (Wildman–Crippen LogP) is 7.46. The van der Waals surface area contributed by atoms with Gasteiger partial charge in [-0.15, -0.1) is 0 Å². The lowest BCUT2D eigenvalue weighted by Gasteiger charge is -2.00. The average molecular weight is 325 g/mol. The van der Waals surface area contributed by atoms with Crippen LogP contribution in [0.15, 0.2) is 48.5 Å². The molecule has 2 rings (SSSR count). The van der Waals surface area contributed by atoms with E-state index >= 15 is 0 Å². The smallest absolute Gasteiger partial charge is 0.0279 e. The summed E-state index contributed by atoms with van der Waals surface area (Å²) in [6, 6.07) is 17.7. The monoisotopic (exact) mass is 324 g/mol. The van der Waals surface area contributed by atoms with E-state index in [1.165, 1.54) is 73.6 Å². The molecule has 2 aromatic carbocycles. The molecule has 132 valence electrons. The van der Waals surface area contributed by atoms with Crippen molar-refractivity contribution in [2.45, 2.75) is 79.1 Å². The van der Waals surface area contributed by atoms with Gasteiger partial charge in [-0.1, -0.05) is 99.2 Å². The van der Waals surface area contributed by atoms with Crippen molar-refractivity contribution in [3.05, 3.63) is 70.8 Å². The number of hydrogen-bond acceptors (Lipinski definition) is 0. The van der Waals surface area contributed by atoms with E-state index in [9.17, 15) is 0 Å². The third-order valence-electron chi connectivity index (χ3n) is 4.38. The van der Waals surface area contributed by atoms with E-state index in [0.717, 1.165) is 0 Å². The Kier molecular flexibility index (Phi) is 10.9. The fourth-order valence-corrected chi connectivity index (χ4v) is 2.67. The van der Waals surface area contributed by atoms with Gasteiger partial charge in [0.25, 0.3) is 0 Å². The molecule has 0 unspecified atom stereocenters. The number of unbranched alkanes of at least 4 members (excludes halogenated alkanes) is 4. The van der Waals surface area contributed by atoms with E-state index in [1.54, 1.807) is 0 Å². The van der Waals surface area contributed by atoms with Gasteiger partial charge in [-0.05, 0) is 50.7 Å². The highest BCUT2D eigenvalue weighted by Gasteiger charge is 1.92. The summed E-state index contributed by atoms with van der Waals surface area (Å²) in [7, 11) is 0. The third kappa shape index (κ3) is 9.55. The molecule has 0 spiro atoms. The van der Waals surface area contributed by atoms with Crippen LogP contribution in [0.3, 0.4) is 0 Å². The summed E-state index contributed by atoms with van der Waals surface area (Å²) in [4.78, 5) is 0. The molecular formula is C24H36. The largest absolute Gasteiger partial charge is 0.0654 e. The molecule has 0 aliphatic carbocycles. The zero-order valence-electron chi connectivity index (χ0n) is 16.3. The molecule has 0 atom stereocenters. The zero-order chi connectivity index (χ0) is 17.6. The van der Waals surface area contributed by atoms with Gasteiger partial charge in [-0.2, -0.15) is 0 Å². The molecule has 0 amide bonds. The van der Waals surface area contributed by atoms with Crippen LogP contribution in [0, 0.1) is 13.8 Å². The summed E-state index contributed by atoms with van der Waals surface area (Å²) in [6.45, 7) is 8.76. The first-order valence-corrected chi connectivity index (χ1v) is 9.76. The van der Waals surface area contributed by atoms with Crippen LogP contribution in [0.2, 0.25) is 0 Å². The standard InChI is InChI=1S/2C12H18/c2*1-3-4-5-6-12-9-7-11(2)8-10-12/h2*7-10H,3-6H2,1-2H3. The fourth-order valence-electron chi connectivity index (χ4n) is 2.67. The van der Waals surface area contributed by atoms with Crippen LogP contribution < -0.4 is 0 Å². The van der Waals surface area contributed by atoms with Crippen molar-refractivity contribution in [1.82, 2.24) is 0 Å². The predicted molar refractivity (Wildman–Crippen MR) is 109 cm³/mol. The minimum atomic E-state index is 1.24. The first-order chi connectivity index (χ1) is 11.7. The van der Waals surface area contributed by atoms with Crippen molar-refractivity contribution in [1.29, 1.82) is 0 Å². The SMILES string of the molecule is CCCCCc1ccc(C)cc1.CCCCCc1ccc(C)cc1. The summed E-state index contributed by atoms with van der Waals surface area (Å²) < 4.78 is 0. The van der Waals surface area contributed by atoms with Crippen molar-refractivity contribution in [3.63, 3.8) is 0 Å². The van der Waals surface area contributed by atoms with E-state index in [1.807, 2.05) is 0 Å². The topological polar surface area (TPSA) is 0 Å². The molecule has 2 aromatic rings. The summed E-state index contributed by atoms with van der Waals surface area (Å²) in [5.41, 5.74) is 5.67. The fraction of sp³-hybridized carbons (Fsp3) is 0.500. The summed E-state index contributed by atoms with van der Waals surface area (Å²) in [5.74, 6) is 0. The molecule has 0 aromatic heterocycles. The number of aryl methyl sites for hydroxylation is 4. The van der Waals surface area contributed by atoms with Gasteiger partial charge in [-0.3, -0.25) is 0 Å². The molecule has 0 aliphatic heterocycles. The highest BCUT2D eigenvalue weighted by molar-refractivity contribution is 5.21. The van der Waals surface area contributed by atoms with Crippen molar-refractivity contribution >= 4 is 0 Å². The summed E-state index contributed by atoms with van der Waals surface area (Å²) >= 11 is 0. The van der Waals surface area contributed by atoms with Gasteiger partial charge in [0.15, 0.2) is 0 Å². The maximum atomic E-state index is 2.25. The molecule has 0 nitrogen and oxygen atoms in total. The lowest BCUT2D eigenvalue weighted by atomic mass is 10.1. The van der Waals surface area contributed by atoms with Crippen molar-refractivity contribution in [2.75, 3.05) is 0 Å². The van der Waals surface area contributed by atoms with Gasteiger partial charge in [-0.25, -0.2) is 0 Å². The molecular weight excluding hydrogens is 288 g/mol. The molecule has 0 fully saturated rings. The van der Waals surface area contributed by atoms with E-state index < -0.39 is 0 Å². The van der Waals surface area contributed by atoms with Gasteiger partial charge in [0, 0.05) is 0 Å². The van der Waals surface area contributed by atoms with Gasteiger partial charge in [0.1, 0.15) is 0 Å². The molecule has 0 saturated carbocycles. The lowest BCUT2D eigenvalue weighted by molar-refractivity contribution is 0.717. The van der Waals surface area contributed by atoms with Gasteiger partial charge in [0.2, 0.25) is 0 Å². The van der Waals surface area contributed by atoms with E-state index in [0.29, 0.717) is 0 Å². The molecule has 24 heavy (non-hydrogen) atoms. The minimum Gasteiger partial charge on any atom is -0.0654 e. The normalized spacial score (nSPS) is 10.2. The Hall–Kier alpha value is -1.56. The van der Waals surface area contributed by atoms with Crippen LogP contribution in [0.5, 0.6) is 0 Å². The third-order valence-corrected chi connectivity index (χ3v) is 4.38. The van der Waals surface area contributed by atoms with Crippen LogP contribution in [0.1, 0.15) is 74.6 Å². The zero-order valence-corrected chi connectivity index (χ0v) is 16.3. The number of hydrogen-bond donors (Lipinski definition) is 0. The first kappa shape index (κ1) is 20.5. The van der Waals surface area contributed by atoms with Crippen LogP contribution in [-0.4, -0.2) is 0 Å². The quantitative estimate of drug-likeness (QED) is 0.442. The van der Waals surface area contributed by atoms with Gasteiger partial charge in [0.05, 0.1) is 0 Å². The minimum absolute atomic E-state index is 1.24. The Morgan fingerprint density at radius 1 is 0.500 bits per heavy atom. The van der Waals surface area contributed by atoms with Crippen molar-refractivity contribution < 1.29 is 0 Å².